The molecule has 0 bridgehead atoms. The maximum absolute atomic E-state index is 14.2. The topological polar surface area (TPSA) is 85.4 Å². The molecule has 3 fully saturated rings. The minimum atomic E-state index is -1.23. The van der Waals surface area contributed by atoms with Crippen molar-refractivity contribution in [3.63, 3.8) is 0 Å². The van der Waals surface area contributed by atoms with E-state index in [-0.39, 0.29) is 37.3 Å². The zero-order chi connectivity index (χ0) is 27.7. The maximum atomic E-state index is 14.2. The number of esters is 1. The lowest BCUT2D eigenvalue weighted by molar-refractivity contribution is -0.178. The second kappa shape index (κ2) is 11.8. The van der Waals surface area contributed by atoms with Crippen molar-refractivity contribution in [2.75, 3.05) is 33.4 Å². The van der Waals surface area contributed by atoms with Gasteiger partial charge in [-0.05, 0) is 55.9 Å². The van der Waals surface area contributed by atoms with Crippen LogP contribution < -0.4 is 0 Å². The molecule has 0 spiro atoms. The number of likely N-dealkylation sites (tertiary alicyclic amines) is 1. The maximum Gasteiger partial charge on any atom is 0.320 e. The van der Waals surface area contributed by atoms with Crippen molar-refractivity contribution in [1.82, 2.24) is 9.80 Å². The molecule has 1 aromatic rings. The van der Waals surface area contributed by atoms with Crippen molar-refractivity contribution < 1.29 is 28.6 Å². The first-order valence-electron chi connectivity index (χ1n) is 13.8. The van der Waals surface area contributed by atoms with E-state index in [1.807, 2.05) is 13.0 Å². The van der Waals surface area contributed by atoms with Crippen molar-refractivity contribution in [2.24, 2.45) is 17.3 Å². The fourth-order valence-electron chi connectivity index (χ4n) is 6.68. The van der Waals surface area contributed by atoms with Gasteiger partial charge < -0.3 is 24.0 Å². The number of benzene rings is 1. The summed E-state index contributed by atoms with van der Waals surface area (Å²) < 4.78 is 17.3. The first-order chi connectivity index (χ1) is 18.7. The van der Waals surface area contributed by atoms with Gasteiger partial charge in [-0.2, -0.15) is 0 Å². The molecule has 1 saturated carbocycles. The molecule has 0 radical (unpaired) electrons. The number of halogens is 2. The number of rotatable bonds is 6. The minimum absolute atomic E-state index is 0.00548. The molecule has 0 aromatic heterocycles. The molecule has 8 nitrogen and oxygen atoms in total. The highest BCUT2D eigenvalue weighted by atomic mass is 35.5. The number of nitrogens with zero attached hydrogens (tertiary/aromatic N) is 2. The number of carbonyl (C=O) groups excluding carboxylic acids is 3. The van der Waals surface area contributed by atoms with Crippen LogP contribution >= 0.6 is 23.2 Å². The average molecular weight is 580 g/mol. The Labute approximate surface area is 239 Å². The normalized spacial score (nSPS) is 29.7. The molecular weight excluding hydrogens is 543 g/mol. The summed E-state index contributed by atoms with van der Waals surface area (Å²) in [4.78, 5) is 44.5. The van der Waals surface area contributed by atoms with Crippen molar-refractivity contribution in [1.29, 1.82) is 0 Å². The molecule has 1 aliphatic carbocycles. The number of hydrogen-bond acceptors (Lipinski definition) is 6. The monoisotopic (exact) mass is 578 g/mol. The van der Waals surface area contributed by atoms with Crippen molar-refractivity contribution in [3.05, 3.63) is 45.6 Å². The van der Waals surface area contributed by atoms with Crippen LogP contribution in [0, 0.1) is 17.3 Å². The molecule has 4 atom stereocenters. The first-order valence-corrected chi connectivity index (χ1v) is 14.6. The fourth-order valence-corrected chi connectivity index (χ4v) is 7.15. The molecule has 1 aromatic carbocycles. The summed E-state index contributed by atoms with van der Waals surface area (Å²) in [5.74, 6) is -1.19. The molecule has 3 heterocycles. The standard InChI is InChI=1S/C29H36Cl2N2O6/c1-18-29(28(36)37-2)16-21(13-26(34)32-9-11-38-12-10-32)27(35)33(17-20-7-8-22(30)14-23(20)31)25(29)15-24(39-18)19-5-3-4-6-19/h7-8,14-15,18-19,21,24H,3-6,9-13,16-17H2,1-2H3/t18-,21-,24-,29+/m0/s1. The Bertz CT molecular complexity index is 1150. The Morgan fingerprint density at radius 1 is 1.15 bits per heavy atom. The van der Waals surface area contributed by atoms with Gasteiger partial charge in [-0.25, -0.2) is 0 Å². The summed E-state index contributed by atoms with van der Waals surface area (Å²) in [5.41, 5.74) is 0.0639. The summed E-state index contributed by atoms with van der Waals surface area (Å²) in [6.07, 6.45) is 5.70. The Kier molecular flexibility index (Phi) is 8.57. The summed E-state index contributed by atoms with van der Waals surface area (Å²) >= 11 is 12.7. The number of hydrogen-bond donors (Lipinski definition) is 0. The summed E-state index contributed by atoms with van der Waals surface area (Å²) in [6.45, 7) is 3.94. The summed E-state index contributed by atoms with van der Waals surface area (Å²) in [5, 5.41) is 0.922. The van der Waals surface area contributed by atoms with E-state index in [4.69, 9.17) is 37.4 Å². The van der Waals surface area contributed by atoms with Crippen LogP contribution in [0.15, 0.2) is 30.0 Å². The highest BCUT2D eigenvalue weighted by Crippen LogP contribution is 2.52. The van der Waals surface area contributed by atoms with E-state index in [1.165, 1.54) is 7.11 Å². The van der Waals surface area contributed by atoms with Crippen molar-refractivity contribution >= 4 is 41.0 Å². The van der Waals surface area contributed by atoms with E-state index in [0.29, 0.717) is 53.5 Å². The van der Waals surface area contributed by atoms with Crippen LogP contribution in [0.25, 0.3) is 0 Å². The number of morpholine rings is 1. The average Bonchev–Trinajstić information content (AvgIpc) is 3.47. The van der Waals surface area contributed by atoms with Crippen LogP contribution in [-0.2, 0) is 35.1 Å². The van der Waals surface area contributed by atoms with Crippen LogP contribution in [0.5, 0.6) is 0 Å². The van der Waals surface area contributed by atoms with Crippen LogP contribution in [0.4, 0.5) is 0 Å². The fraction of sp³-hybridized carbons (Fsp3) is 0.621. The van der Waals surface area contributed by atoms with Gasteiger partial charge in [-0.15, -0.1) is 0 Å². The molecule has 10 heteroatoms. The van der Waals surface area contributed by atoms with Gasteiger partial charge in [0.1, 0.15) is 5.41 Å². The first kappa shape index (κ1) is 28.4. The second-order valence-corrected chi connectivity index (χ2v) is 11.9. The van der Waals surface area contributed by atoms with Gasteiger partial charge >= 0.3 is 5.97 Å². The lowest BCUT2D eigenvalue weighted by Crippen LogP contribution is -2.60. The molecular formula is C29H36Cl2N2O6. The number of piperidine rings is 1. The SMILES string of the molecule is COC(=O)[C@@]12C[C@H](CC(=O)N3CCOCC3)C(=O)N(Cc3ccc(Cl)cc3Cl)C1=C[C@@H](C1CCCC1)O[C@H]2C. The number of carbonyl (C=O) groups is 3. The van der Waals surface area contributed by atoms with Gasteiger partial charge in [0.25, 0.3) is 0 Å². The lowest BCUT2D eigenvalue weighted by Gasteiger charge is -2.52. The Hall–Kier alpha value is -2.13. The Morgan fingerprint density at radius 3 is 2.54 bits per heavy atom. The van der Waals surface area contributed by atoms with Gasteiger partial charge in [0.15, 0.2) is 0 Å². The Balaban J connectivity index is 1.56. The van der Waals surface area contributed by atoms with Gasteiger partial charge in [-0.3, -0.25) is 14.4 Å². The molecule has 2 amide bonds. The molecule has 0 N–H and O–H groups in total. The molecule has 2 saturated heterocycles. The van der Waals surface area contributed by atoms with Crippen molar-refractivity contribution in [3.8, 4) is 0 Å². The van der Waals surface area contributed by atoms with E-state index in [2.05, 4.69) is 0 Å². The zero-order valence-corrected chi connectivity index (χ0v) is 24.0. The largest absolute Gasteiger partial charge is 0.468 e. The lowest BCUT2D eigenvalue weighted by atomic mass is 9.66. The van der Waals surface area contributed by atoms with Gasteiger partial charge in [0.2, 0.25) is 11.8 Å². The zero-order valence-electron chi connectivity index (χ0n) is 22.5. The minimum Gasteiger partial charge on any atom is -0.468 e. The summed E-state index contributed by atoms with van der Waals surface area (Å²) in [7, 11) is 1.36. The van der Waals surface area contributed by atoms with Crippen LogP contribution in [0.2, 0.25) is 10.0 Å². The molecule has 5 rings (SSSR count). The highest BCUT2D eigenvalue weighted by molar-refractivity contribution is 6.35. The number of methoxy groups -OCH3 is 1. The third-order valence-corrected chi connectivity index (χ3v) is 9.44. The van der Waals surface area contributed by atoms with E-state index < -0.39 is 23.4 Å². The number of fused-ring (bicyclic) bond motifs is 1. The van der Waals surface area contributed by atoms with E-state index >= 15 is 0 Å². The second-order valence-electron chi connectivity index (χ2n) is 11.1. The predicted molar refractivity (Wildman–Crippen MR) is 146 cm³/mol. The third kappa shape index (κ3) is 5.45. The third-order valence-electron chi connectivity index (χ3n) is 8.85. The van der Waals surface area contributed by atoms with E-state index in [9.17, 15) is 14.4 Å². The number of amides is 2. The van der Waals surface area contributed by atoms with E-state index in [1.54, 1.807) is 28.0 Å². The molecule has 3 aliphatic heterocycles. The van der Waals surface area contributed by atoms with Gasteiger partial charge in [0, 0.05) is 41.2 Å². The quantitative estimate of drug-likeness (QED) is 0.458. The smallest absolute Gasteiger partial charge is 0.320 e. The van der Waals surface area contributed by atoms with Gasteiger partial charge in [-0.1, -0.05) is 42.1 Å². The van der Waals surface area contributed by atoms with Gasteiger partial charge in [0.05, 0.1) is 39.1 Å². The van der Waals surface area contributed by atoms with Crippen molar-refractivity contribution in [2.45, 2.75) is 64.2 Å². The summed E-state index contributed by atoms with van der Waals surface area (Å²) in [6, 6.07) is 5.16. The van der Waals surface area contributed by atoms with Crippen LogP contribution in [0.3, 0.4) is 0 Å². The molecule has 4 aliphatic rings. The molecule has 212 valence electrons. The number of ether oxygens (including phenoxy) is 3. The highest BCUT2D eigenvalue weighted by Gasteiger charge is 2.60. The molecule has 0 unspecified atom stereocenters. The predicted octanol–water partition coefficient (Wildman–Crippen LogP) is 4.61. The Morgan fingerprint density at radius 2 is 1.87 bits per heavy atom. The van der Waals surface area contributed by atoms with Crippen LogP contribution in [-0.4, -0.2) is 73.2 Å². The van der Waals surface area contributed by atoms with Crippen LogP contribution in [0.1, 0.15) is 51.0 Å². The molecule has 39 heavy (non-hydrogen) atoms. The van der Waals surface area contributed by atoms with E-state index in [0.717, 1.165) is 25.7 Å².